The average molecular weight is 346 g/mol. The summed E-state index contributed by atoms with van der Waals surface area (Å²) in [6, 6.07) is 0. The average Bonchev–Trinajstić information content (AvgIpc) is 2.36. The molecule has 11 heteroatoms. The normalized spacial score (nSPS) is 15.4. The summed E-state index contributed by atoms with van der Waals surface area (Å²) in [7, 11) is 0. The third-order valence-corrected chi connectivity index (χ3v) is 2.50. The summed E-state index contributed by atoms with van der Waals surface area (Å²) < 4.78 is 120. The van der Waals surface area contributed by atoms with Gasteiger partial charge in [-0.15, -0.1) is 0 Å². The Morgan fingerprint density at radius 2 is 1.45 bits per heavy atom. The zero-order valence-corrected chi connectivity index (χ0v) is 11.2. The van der Waals surface area contributed by atoms with E-state index in [2.05, 4.69) is 11.3 Å². The van der Waals surface area contributed by atoms with E-state index in [1.807, 2.05) is 0 Å². The molecule has 0 spiro atoms. The van der Waals surface area contributed by atoms with Gasteiger partial charge in [0.2, 0.25) is 0 Å². The smallest absolute Gasteiger partial charge is 0.393 e. The van der Waals surface area contributed by atoms with E-state index in [-0.39, 0.29) is 0 Å². The zero-order valence-electron chi connectivity index (χ0n) is 11.2. The van der Waals surface area contributed by atoms with Crippen molar-refractivity contribution in [2.45, 2.75) is 50.3 Å². The lowest BCUT2D eigenvalue weighted by Crippen LogP contribution is -2.65. The fourth-order valence-corrected chi connectivity index (χ4v) is 1.11. The molecule has 0 radical (unpaired) electrons. The Bertz CT molecular complexity index is 445. The van der Waals surface area contributed by atoms with Gasteiger partial charge in [-0.2, -0.15) is 35.1 Å². The summed E-state index contributed by atoms with van der Waals surface area (Å²) in [6.07, 6.45) is -11.5. The van der Waals surface area contributed by atoms with Crippen LogP contribution in [-0.4, -0.2) is 36.0 Å². The first-order valence-electron chi connectivity index (χ1n) is 5.60. The van der Waals surface area contributed by atoms with Crippen molar-refractivity contribution in [2.75, 3.05) is 0 Å². The van der Waals surface area contributed by atoms with Gasteiger partial charge in [-0.05, 0) is 13.3 Å². The Labute approximate surface area is 118 Å². The molecule has 0 amide bonds. The summed E-state index contributed by atoms with van der Waals surface area (Å²) in [6.45, 7) is 4.06. The van der Waals surface area contributed by atoms with Crippen LogP contribution in [0.3, 0.4) is 0 Å². The SMILES string of the molecule is C=C(C)C(=O)OC(F)(F)C(F)(F)C(F)(F)C(F)(F)C(F)CC. The number of alkyl halides is 9. The molecule has 22 heavy (non-hydrogen) atoms. The van der Waals surface area contributed by atoms with Crippen LogP contribution in [0.15, 0.2) is 12.2 Å². The second-order valence-corrected chi connectivity index (χ2v) is 4.33. The molecule has 1 atom stereocenters. The van der Waals surface area contributed by atoms with E-state index in [1.165, 1.54) is 0 Å². The van der Waals surface area contributed by atoms with E-state index >= 15 is 0 Å². The standard InChI is InChI=1S/C11H11F9O2/c1-4-6(12)8(13,14)9(15,16)10(17,18)11(19,20)22-7(21)5(2)3/h6H,2,4H2,1,3H3. The molecule has 0 N–H and O–H groups in total. The largest absolute Gasteiger partial charge is 0.473 e. The summed E-state index contributed by atoms with van der Waals surface area (Å²) >= 11 is 0. The molecular weight excluding hydrogens is 335 g/mol. The van der Waals surface area contributed by atoms with Crippen LogP contribution in [-0.2, 0) is 9.53 Å². The molecule has 0 aromatic heterocycles. The second kappa shape index (κ2) is 5.99. The van der Waals surface area contributed by atoms with Crippen LogP contribution >= 0.6 is 0 Å². The fraction of sp³-hybridized carbons (Fsp3) is 0.727. The molecule has 0 saturated carbocycles. The van der Waals surface area contributed by atoms with Gasteiger partial charge < -0.3 is 4.74 Å². The number of carbonyl (C=O) groups is 1. The molecule has 0 saturated heterocycles. The number of ether oxygens (including phenoxy) is 1. The van der Waals surface area contributed by atoms with Gasteiger partial charge >= 0.3 is 29.8 Å². The summed E-state index contributed by atoms with van der Waals surface area (Å²) in [5.74, 6) is -22.0. The van der Waals surface area contributed by atoms with Crippen molar-refractivity contribution in [3.05, 3.63) is 12.2 Å². The highest BCUT2D eigenvalue weighted by Crippen LogP contribution is 2.54. The third kappa shape index (κ3) is 3.17. The first-order valence-corrected chi connectivity index (χ1v) is 5.60. The maximum Gasteiger partial charge on any atom is 0.473 e. The molecule has 0 aromatic carbocycles. The Hall–Kier alpha value is -1.42. The highest BCUT2D eigenvalue weighted by molar-refractivity contribution is 5.87. The van der Waals surface area contributed by atoms with Gasteiger partial charge in [0.25, 0.3) is 0 Å². The number of hydrogen-bond donors (Lipinski definition) is 0. The van der Waals surface area contributed by atoms with Gasteiger partial charge in [-0.1, -0.05) is 13.5 Å². The lowest BCUT2D eigenvalue weighted by Gasteiger charge is -2.36. The minimum atomic E-state index is -6.87. The highest BCUT2D eigenvalue weighted by Gasteiger charge is 2.84. The van der Waals surface area contributed by atoms with E-state index in [0.717, 1.165) is 6.92 Å². The third-order valence-electron chi connectivity index (χ3n) is 2.50. The molecule has 0 aliphatic rings. The van der Waals surface area contributed by atoms with Gasteiger partial charge in [-0.25, -0.2) is 9.18 Å². The van der Waals surface area contributed by atoms with E-state index in [1.54, 1.807) is 0 Å². The molecule has 1 unspecified atom stereocenters. The Kier molecular flexibility index (Phi) is 5.61. The maximum atomic E-state index is 13.1. The van der Waals surface area contributed by atoms with Gasteiger partial charge in [0.1, 0.15) is 0 Å². The van der Waals surface area contributed by atoms with Crippen molar-refractivity contribution in [1.82, 2.24) is 0 Å². The molecule has 0 aliphatic heterocycles. The fourth-order valence-electron chi connectivity index (χ4n) is 1.11. The van der Waals surface area contributed by atoms with Crippen LogP contribution in [0.2, 0.25) is 0 Å². The molecular formula is C11H11F9O2. The molecule has 130 valence electrons. The Morgan fingerprint density at radius 1 is 1.05 bits per heavy atom. The topological polar surface area (TPSA) is 26.3 Å². The maximum absolute atomic E-state index is 13.1. The Balaban J connectivity index is 5.77. The molecule has 0 fully saturated rings. The van der Waals surface area contributed by atoms with Gasteiger partial charge in [-0.3, -0.25) is 0 Å². The predicted molar refractivity (Wildman–Crippen MR) is 55.9 cm³/mol. The van der Waals surface area contributed by atoms with Crippen LogP contribution in [0.1, 0.15) is 20.3 Å². The minimum absolute atomic E-state index is 0.617. The van der Waals surface area contributed by atoms with Gasteiger partial charge in [0, 0.05) is 5.57 Å². The predicted octanol–water partition coefficient (Wildman–Crippen LogP) is 4.35. The van der Waals surface area contributed by atoms with Crippen LogP contribution < -0.4 is 0 Å². The second-order valence-electron chi connectivity index (χ2n) is 4.33. The van der Waals surface area contributed by atoms with Gasteiger partial charge in [0.05, 0.1) is 0 Å². The van der Waals surface area contributed by atoms with E-state index in [4.69, 9.17) is 0 Å². The molecule has 0 heterocycles. The van der Waals surface area contributed by atoms with Crippen LogP contribution in [0.4, 0.5) is 39.5 Å². The molecule has 0 bridgehead atoms. The van der Waals surface area contributed by atoms with Crippen molar-refractivity contribution in [3.63, 3.8) is 0 Å². The zero-order chi connectivity index (χ0) is 18.1. The van der Waals surface area contributed by atoms with Crippen molar-refractivity contribution >= 4 is 5.97 Å². The number of carbonyl (C=O) groups excluding carboxylic acids is 1. The lowest BCUT2D eigenvalue weighted by atomic mass is 9.98. The quantitative estimate of drug-likeness (QED) is 0.389. The summed E-state index contributed by atoms with van der Waals surface area (Å²) in [4.78, 5) is 10.7. The van der Waals surface area contributed by atoms with Gasteiger partial charge in [0.15, 0.2) is 6.17 Å². The van der Waals surface area contributed by atoms with Crippen molar-refractivity contribution < 1.29 is 49.0 Å². The van der Waals surface area contributed by atoms with Crippen LogP contribution in [0.25, 0.3) is 0 Å². The highest BCUT2D eigenvalue weighted by atomic mass is 19.4. The number of esters is 1. The van der Waals surface area contributed by atoms with E-state index < -0.39 is 48.0 Å². The first kappa shape index (κ1) is 20.6. The molecule has 0 rings (SSSR count). The molecule has 2 nitrogen and oxygen atoms in total. The number of halogens is 9. The first-order chi connectivity index (χ1) is 9.56. The lowest BCUT2D eigenvalue weighted by molar-refractivity contribution is -0.421. The van der Waals surface area contributed by atoms with Crippen LogP contribution in [0.5, 0.6) is 0 Å². The summed E-state index contributed by atoms with van der Waals surface area (Å²) in [5, 5.41) is 0. The van der Waals surface area contributed by atoms with Crippen LogP contribution in [0, 0.1) is 0 Å². The number of hydrogen-bond acceptors (Lipinski definition) is 2. The van der Waals surface area contributed by atoms with E-state index in [0.29, 0.717) is 6.92 Å². The van der Waals surface area contributed by atoms with Crippen molar-refractivity contribution in [3.8, 4) is 0 Å². The molecule has 0 aromatic rings. The monoisotopic (exact) mass is 346 g/mol. The number of rotatable bonds is 7. The molecule has 0 aliphatic carbocycles. The van der Waals surface area contributed by atoms with Crippen molar-refractivity contribution in [2.24, 2.45) is 0 Å². The Morgan fingerprint density at radius 3 is 1.77 bits per heavy atom. The minimum Gasteiger partial charge on any atom is -0.393 e. The van der Waals surface area contributed by atoms with E-state index in [9.17, 15) is 44.3 Å². The van der Waals surface area contributed by atoms with Crippen molar-refractivity contribution in [1.29, 1.82) is 0 Å². The summed E-state index contributed by atoms with van der Waals surface area (Å²) in [5.41, 5.74) is -0.873.